The van der Waals surface area contributed by atoms with Crippen molar-refractivity contribution in [1.29, 1.82) is 0 Å². The van der Waals surface area contributed by atoms with Gasteiger partial charge in [0.15, 0.2) is 0 Å². The minimum absolute atomic E-state index is 0.0710. The van der Waals surface area contributed by atoms with Crippen LogP contribution < -0.4 is 10.5 Å². The van der Waals surface area contributed by atoms with Crippen molar-refractivity contribution in [3.05, 3.63) is 83.4 Å². The highest BCUT2D eigenvalue weighted by Gasteiger charge is 2.16. The molecule has 126 valence electrons. The molecule has 0 aliphatic rings. The lowest BCUT2D eigenvalue weighted by Gasteiger charge is -2.21. The number of hydrogen-bond acceptors (Lipinski definition) is 3. The Morgan fingerprint density at radius 1 is 1.20 bits per heavy atom. The molecule has 0 saturated heterocycles. The highest BCUT2D eigenvalue weighted by atomic mass is 16.2. The molecule has 0 fully saturated rings. The first-order valence-corrected chi connectivity index (χ1v) is 8.03. The van der Waals surface area contributed by atoms with Gasteiger partial charge in [0.25, 0.3) is 5.56 Å². The zero-order valence-corrected chi connectivity index (χ0v) is 14.1. The number of nitrogens with zero attached hydrogens (tertiary/aromatic N) is 3. The molecule has 5 heteroatoms. The molecule has 1 aromatic heterocycles. The fraction of sp³-hybridized carbons (Fsp3) is 0.150. The Morgan fingerprint density at radius 3 is 2.68 bits per heavy atom. The van der Waals surface area contributed by atoms with Crippen LogP contribution in [0.2, 0.25) is 0 Å². The first kappa shape index (κ1) is 16.6. The van der Waals surface area contributed by atoms with Crippen LogP contribution in [-0.4, -0.2) is 22.0 Å². The molecule has 1 heterocycles. The first-order chi connectivity index (χ1) is 12.1. The fourth-order valence-corrected chi connectivity index (χ4v) is 2.77. The highest BCUT2D eigenvalue weighted by molar-refractivity contribution is 5.93. The molecule has 5 nitrogen and oxygen atoms in total. The van der Waals surface area contributed by atoms with Crippen molar-refractivity contribution in [2.75, 3.05) is 11.4 Å². The zero-order valence-electron chi connectivity index (χ0n) is 14.1. The van der Waals surface area contributed by atoms with Gasteiger partial charge in [0.1, 0.15) is 6.54 Å². The number of carbonyl (C=O) groups excluding carboxylic acids is 1. The number of carbonyl (C=O) groups is 1. The monoisotopic (exact) mass is 333 g/mol. The van der Waals surface area contributed by atoms with E-state index in [1.54, 1.807) is 17.0 Å². The summed E-state index contributed by atoms with van der Waals surface area (Å²) in [6.07, 6.45) is 3.10. The highest BCUT2D eigenvalue weighted by Crippen LogP contribution is 2.15. The van der Waals surface area contributed by atoms with Gasteiger partial charge in [-0.05, 0) is 30.7 Å². The number of hydrogen-bond donors (Lipinski definition) is 0. The minimum atomic E-state index is -0.214. The molecular formula is C20H19N3O2. The second kappa shape index (κ2) is 7.13. The molecule has 0 atom stereocenters. The van der Waals surface area contributed by atoms with Gasteiger partial charge in [-0.3, -0.25) is 14.2 Å². The summed E-state index contributed by atoms with van der Waals surface area (Å²) in [6.45, 7) is 5.92. The van der Waals surface area contributed by atoms with Crippen LogP contribution in [0.3, 0.4) is 0 Å². The van der Waals surface area contributed by atoms with Crippen molar-refractivity contribution < 1.29 is 4.79 Å². The molecule has 0 spiro atoms. The molecule has 25 heavy (non-hydrogen) atoms. The van der Waals surface area contributed by atoms with Crippen molar-refractivity contribution in [2.24, 2.45) is 0 Å². The molecule has 0 radical (unpaired) electrons. The summed E-state index contributed by atoms with van der Waals surface area (Å²) in [5, 5.41) is 0.519. The maximum absolute atomic E-state index is 12.7. The van der Waals surface area contributed by atoms with E-state index < -0.39 is 0 Å². The SMILES string of the molecule is C=CCN(C(=O)Cn1cnc2c(C)cccc2c1=O)c1ccccc1. The normalized spacial score (nSPS) is 10.6. The van der Waals surface area contributed by atoms with Crippen molar-refractivity contribution in [3.8, 4) is 0 Å². The van der Waals surface area contributed by atoms with Crippen LogP contribution in [0.4, 0.5) is 5.69 Å². The van der Waals surface area contributed by atoms with E-state index in [0.29, 0.717) is 17.4 Å². The van der Waals surface area contributed by atoms with Crippen molar-refractivity contribution in [1.82, 2.24) is 9.55 Å². The van der Waals surface area contributed by atoms with Gasteiger partial charge < -0.3 is 4.90 Å². The van der Waals surface area contributed by atoms with Crippen molar-refractivity contribution in [3.63, 3.8) is 0 Å². The lowest BCUT2D eigenvalue weighted by atomic mass is 10.1. The van der Waals surface area contributed by atoms with E-state index in [-0.39, 0.29) is 18.0 Å². The van der Waals surface area contributed by atoms with Crippen LogP contribution >= 0.6 is 0 Å². The number of aromatic nitrogens is 2. The second-order valence-electron chi connectivity index (χ2n) is 5.78. The topological polar surface area (TPSA) is 55.2 Å². The third-order valence-corrected chi connectivity index (χ3v) is 4.04. The van der Waals surface area contributed by atoms with E-state index in [4.69, 9.17) is 0 Å². The molecule has 0 aliphatic heterocycles. The van der Waals surface area contributed by atoms with Gasteiger partial charge in [-0.2, -0.15) is 0 Å². The molecule has 3 rings (SSSR count). The van der Waals surface area contributed by atoms with Crippen LogP contribution in [0.25, 0.3) is 10.9 Å². The van der Waals surface area contributed by atoms with E-state index >= 15 is 0 Å². The Balaban J connectivity index is 1.94. The summed E-state index contributed by atoms with van der Waals surface area (Å²) < 4.78 is 1.35. The third kappa shape index (κ3) is 3.35. The first-order valence-electron chi connectivity index (χ1n) is 8.03. The Bertz CT molecular complexity index is 977. The summed E-state index contributed by atoms with van der Waals surface area (Å²) in [5.41, 5.74) is 2.16. The summed E-state index contributed by atoms with van der Waals surface area (Å²) in [7, 11) is 0. The maximum Gasteiger partial charge on any atom is 0.261 e. The van der Waals surface area contributed by atoms with Crippen LogP contribution in [0.5, 0.6) is 0 Å². The van der Waals surface area contributed by atoms with E-state index in [9.17, 15) is 9.59 Å². The van der Waals surface area contributed by atoms with Crippen LogP contribution in [-0.2, 0) is 11.3 Å². The van der Waals surface area contributed by atoms with E-state index in [0.717, 1.165) is 11.3 Å². The van der Waals surface area contributed by atoms with Gasteiger partial charge in [0, 0.05) is 12.2 Å². The Morgan fingerprint density at radius 2 is 1.96 bits per heavy atom. The van der Waals surface area contributed by atoms with Crippen LogP contribution in [0.15, 0.2) is 72.3 Å². The number of benzene rings is 2. The number of fused-ring (bicyclic) bond motifs is 1. The van der Waals surface area contributed by atoms with Crippen LogP contribution in [0.1, 0.15) is 5.56 Å². The Hall–Kier alpha value is -3.21. The van der Waals surface area contributed by atoms with E-state index in [1.165, 1.54) is 10.9 Å². The van der Waals surface area contributed by atoms with Gasteiger partial charge in [-0.15, -0.1) is 6.58 Å². The second-order valence-corrected chi connectivity index (χ2v) is 5.78. The van der Waals surface area contributed by atoms with Gasteiger partial charge in [-0.25, -0.2) is 4.98 Å². The average Bonchev–Trinajstić information content (AvgIpc) is 2.63. The van der Waals surface area contributed by atoms with Gasteiger partial charge in [0.2, 0.25) is 5.91 Å². The number of aryl methyl sites for hydroxylation is 1. The smallest absolute Gasteiger partial charge is 0.261 e. The quantitative estimate of drug-likeness (QED) is 0.675. The molecule has 0 unspecified atom stereocenters. The summed E-state index contributed by atoms with van der Waals surface area (Å²) in [4.78, 5) is 31.4. The molecular weight excluding hydrogens is 314 g/mol. The van der Waals surface area contributed by atoms with E-state index in [1.807, 2.05) is 49.4 Å². The zero-order chi connectivity index (χ0) is 17.8. The van der Waals surface area contributed by atoms with Gasteiger partial charge in [-0.1, -0.05) is 36.4 Å². The molecule has 2 aromatic carbocycles. The molecule has 3 aromatic rings. The lowest BCUT2D eigenvalue weighted by Crippen LogP contribution is -2.36. The molecule has 1 amide bonds. The molecule has 0 aliphatic carbocycles. The fourth-order valence-electron chi connectivity index (χ4n) is 2.77. The number of para-hydroxylation sites is 2. The summed E-state index contributed by atoms with van der Waals surface area (Å²) in [6, 6.07) is 14.8. The maximum atomic E-state index is 12.7. The minimum Gasteiger partial charge on any atom is -0.307 e. The molecule has 0 bridgehead atoms. The van der Waals surface area contributed by atoms with Crippen LogP contribution in [0, 0.1) is 6.92 Å². The van der Waals surface area contributed by atoms with Crippen molar-refractivity contribution in [2.45, 2.75) is 13.5 Å². The number of anilines is 1. The van der Waals surface area contributed by atoms with E-state index in [2.05, 4.69) is 11.6 Å². The Labute approximate surface area is 145 Å². The van der Waals surface area contributed by atoms with Gasteiger partial charge in [0.05, 0.1) is 17.2 Å². The van der Waals surface area contributed by atoms with Gasteiger partial charge >= 0.3 is 0 Å². The number of rotatable bonds is 5. The summed E-state index contributed by atoms with van der Waals surface area (Å²) >= 11 is 0. The Kier molecular flexibility index (Phi) is 4.75. The average molecular weight is 333 g/mol. The molecule has 0 N–H and O–H groups in total. The summed E-state index contributed by atoms with van der Waals surface area (Å²) in [5.74, 6) is -0.193. The molecule has 0 saturated carbocycles. The third-order valence-electron chi connectivity index (χ3n) is 4.04. The van der Waals surface area contributed by atoms with Crippen molar-refractivity contribution >= 4 is 22.5 Å². The largest absolute Gasteiger partial charge is 0.307 e. The lowest BCUT2D eigenvalue weighted by molar-refractivity contribution is -0.119. The number of amides is 1. The predicted octanol–water partition coefficient (Wildman–Crippen LogP) is 2.92. The predicted molar refractivity (Wildman–Crippen MR) is 99.7 cm³/mol. The standard InChI is InChI=1S/C20H19N3O2/c1-3-12-23(16-9-5-4-6-10-16)18(24)13-22-14-21-19-15(2)8-7-11-17(19)20(22)25/h3-11,14H,1,12-13H2,2H3.